The Balaban J connectivity index is 2.75. The summed E-state index contributed by atoms with van der Waals surface area (Å²) in [4.78, 5) is 4.32. The van der Waals surface area contributed by atoms with Crippen LogP contribution in [-0.4, -0.2) is 20.9 Å². The average molecular weight is 242 g/mol. The Morgan fingerprint density at radius 2 is 2.20 bits per heavy atom. The Kier molecular flexibility index (Phi) is 2.89. The number of hydrogen-bond donors (Lipinski definition) is 0. The second kappa shape index (κ2) is 4.02. The van der Waals surface area contributed by atoms with Gasteiger partial charge in [-0.15, -0.1) is 11.8 Å². The molecule has 5 heteroatoms. The van der Waals surface area contributed by atoms with Gasteiger partial charge in [-0.1, -0.05) is 25.4 Å². The van der Waals surface area contributed by atoms with Crippen LogP contribution in [0.15, 0.2) is 17.3 Å². The Morgan fingerprint density at radius 3 is 2.80 bits per heavy atom. The zero-order valence-corrected chi connectivity index (χ0v) is 10.4. The summed E-state index contributed by atoms with van der Waals surface area (Å²) in [5.41, 5.74) is 2.00. The highest BCUT2D eigenvalue weighted by molar-refractivity contribution is 7.98. The highest BCUT2D eigenvalue weighted by atomic mass is 35.5. The Morgan fingerprint density at radius 1 is 1.47 bits per heavy atom. The predicted molar refractivity (Wildman–Crippen MR) is 63.9 cm³/mol. The molecule has 0 radical (unpaired) electrons. The summed E-state index contributed by atoms with van der Waals surface area (Å²) in [6.45, 7) is 4.25. The van der Waals surface area contributed by atoms with E-state index in [1.54, 1.807) is 11.8 Å². The number of thioether (sulfide) groups is 1. The van der Waals surface area contributed by atoms with Gasteiger partial charge in [-0.2, -0.15) is 5.10 Å². The first-order valence-corrected chi connectivity index (χ1v) is 6.32. The molecule has 0 fully saturated rings. The van der Waals surface area contributed by atoms with E-state index in [4.69, 9.17) is 11.6 Å². The first-order valence-electron chi connectivity index (χ1n) is 4.71. The van der Waals surface area contributed by atoms with Gasteiger partial charge in [-0.25, -0.2) is 9.50 Å². The van der Waals surface area contributed by atoms with Crippen LogP contribution in [0.25, 0.3) is 5.65 Å². The van der Waals surface area contributed by atoms with Gasteiger partial charge in [0, 0.05) is 11.6 Å². The van der Waals surface area contributed by atoms with Crippen LogP contribution in [0, 0.1) is 0 Å². The van der Waals surface area contributed by atoms with Gasteiger partial charge >= 0.3 is 0 Å². The van der Waals surface area contributed by atoms with Crippen molar-refractivity contribution < 1.29 is 0 Å². The molecule has 0 aliphatic carbocycles. The van der Waals surface area contributed by atoms with Crippen LogP contribution in [-0.2, 0) is 0 Å². The topological polar surface area (TPSA) is 30.2 Å². The number of fused-ring (bicyclic) bond motifs is 1. The number of hydrogen-bond acceptors (Lipinski definition) is 3. The van der Waals surface area contributed by atoms with Crippen molar-refractivity contribution in [2.75, 3.05) is 6.26 Å². The fourth-order valence-corrected chi connectivity index (χ4v) is 2.26. The van der Waals surface area contributed by atoms with E-state index in [1.165, 1.54) is 0 Å². The average Bonchev–Trinajstić information content (AvgIpc) is 2.59. The molecule has 0 aliphatic rings. The van der Waals surface area contributed by atoms with Gasteiger partial charge in [0.1, 0.15) is 10.2 Å². The third kappa shape index (κ3) is 1.84. The van der Waals surface area contributed by atoms with Gasteiger partial charge in [0.05, 0.1) is 6.20 Å². The van der Waals surface area contributed by atoms with Gasteiger partial charge < -0.3 is 0 Å². The molecule has 15 heavy (non-hydrogen) atoms. The summed E-state index contributed by atoms with van der Waals surface area (Å²) in [6, 6.07) is 1.83. The van der Waals surface area contributed by atoms with E-state index in [-0.39, 0.29) is 0 Å². The van der Waals surface area contributed by atoms with E-state index < -0.39 is 0 Å². The van der Waals surface area contributed by atoms with E-state index in [0.717, 1.165) is 16.2 Å². The number of nitrogens with zero attached hydrogens (tertiary/aromatic N) is 3. The van der Waals surface area contributed by atoms with Crippen molar-refractivity contribution in [1.29, 1.82) is 0 Å². The van der Waals surface area contributed by atoms with Gasteiger partial charge in [0.15, 0.2) is 5.65 Å². The minimum Gasteiger partial charge on any atom is -0.216 e. The van der Waals surface area contributed by atoms with E-state index in [9.17, 15) is 0 Å². The maximum absolute atomic E-state index is 5.97. The molecule has 0 aliphatic heterocycles. The summed E-state index contributed by atoms with van der Waals surface area (Å²) < 4.78 is 1.84. The van der Waals surface area contributed by atoms with Crippen molar-refractivity contribution in [3.8, 4) is 0 Å². The Labute approximate surface area is 97.8 Å². The Hall–Kier alpha value is -0.740. The van der Waals surface area contributed by atoms with Crippen LogP contribution < -0.4 is 0 Å². The summed E-state index contributed by atoms with van der Waals surface area (Å²) >= 11 is 7.58. The van der Waals surface area contributed by atoms with Crippen LogP contribution in [0.5, 0.6) is 0 Å². The highest BCUT2D eigenvalue weighted by Gasteiger charge is 2.12. The quantitative estimate of drug-likeness (QED) is 0.597. The number of aromatic nitrogens is 3. The molecule has 0 bridgehead atoms. The molecule has 0 saturated heterocycles. The third-order valence-corrected chi connectivity index (χ3v) is 3.17. The van der Waals surface area contributed by atoms with E-state index in [1.807, 2.05) is 23.0 Å². The van der Waals surface area contributed by atoms with Crippen LogP contribution in [0.2, 0.25) is 5.15 Å². The molecule has 2 rings (SSSR count). The standard InChI is InChI=1S/C10H12ClN3S/c1-6(2)7-5-12-14-9(15-3)4-8(11)13-10(7)14/h4-6H,1-3H3. The van der Waals surface area contributed by atoms with Crippen molar-refractivity contribution >= 4 is 29.0 Å². The SMILES string of the molecule is CSc1cc(Cl)nc2c(C(C)C)cnn12. The summed E-state index contributed by atoms with van der Waals surface area (Å²) in [6.07, 6.45) is 3.87. The van der Waals surface area contributed by atoms with Crippen LogP contribution in [0.3, 0.4) is 0 Å². The second-order valence-electron chi connectivity index (χ2n) is 3.61. The summed E-state index contributed by atoms with van der Waals surface area (Å²) in [5.74, 6) is 0.406. The van der Waals surface area contributed by atoms with Crippen LogP contribution >= 0.6 is 23.4 Å². The first kappa shape index (κ1) is 10.8. The number of halogens is 1. The summed E-state index contributed by atoms with van der Waals surface area (Å²) in [7, 11) is 0. The molecule has 0 unspecified atom stereocenters. The molecule has 0 saturated carbocycles. The predicted octanol–water partition coefficient (Wildman–Crippen LogP) is 3.23. The number of rotatable bonds is 2. The highest BCUT2D eigenvalue weighted by Crippen LogP contribution is 2.25. The molecular weight excluding hydrogens is 230 g/mol. The molecule has 80 valence electrons. The largest absolute Gasteiger partial charge is 0.216 e. The summed E-state index contributed by atoms with van der Waals surface area (Å²) in [5, 5.41) is 5.86. The molecular formula is C10H12ClN3S. The van der Waals surface area contributed by atoms with Crippen molar-refractivity contribution in [2.45, 2.75) is 24.8 Å². The maximum atomic E-state index is 5.97. The van der Waals surface area contributed by atoms with Crippen molar-refractivity contribution in [2.24, 2.45) is 0 Å². The first-order chi connectivity index (χ1) is 7.13. The smallest absolute Gasteiger partial charge is 0.161 e. The van der Waals surface area contributed by atoms with Crippen molar-refractivity contribution in [3.63, 3.8) is 0 Å². The van der Waals surface area contributed by atoms with Gasteiger partial charge in [-0.05, 0) is 12.2 Å². The molecule has 2 heterocycles. The van der Waals surface area contributed by atoms with Crippen molar-refractivity contribution in [1.82, 2.24) is 14.6 Å². The lowest BCUT2D eigenvalue weighted by Gasteiger charge is -2.04. The molecule has 0 atom stereocenters. The zero-order chi connectivity index (χ0) is 11.0. The molecule has 0 spiro atoms. The molecule has 0 N–H and O–H groups in total. The normalized spacial score (nSPS) is 11.5. The zero-order valence-electron chi connectivity index (χ0n) is 8.86. The lowest BCUT2D eigenvalue weighted by atomic mass is 10.1. The van der Waals surface area contributed by atoms with E-state index in [2.05, 4.69) is 23.9 Å². The lowest BCUT2D eigenvalue weighted by Crippen LogP contribution is -1.96. The monoisotopic (exact) mass is 241 g/mol. The maximum Gasteiger partial charge on any atom is 0.161 e. The molecule has 3 nitrogen and oxygen atoms in total. The minimum absolute atomic E-state index is 0.406. The fourth-order valence-electron chi connectivity index (χ4n) is 1.48. The van der Waals surface area contributed by atoms with Gasteiger partial charge in [0.25, 0.3) is 0 Å². The molecule has 0 aromatic carbocycles. The van der Waals surface area contributed by atoms with Crippen LogP contribution in [0.1, 0.15) is 25.3 Å². The Bertz CT molecular complexity index is 493. The van der Waals surface area contributed by atoms with Gasteiger partial charge in [-0.3, -0.25) is 0 Å². The molecule has 2 aromatic heterocycles. The lowest BCUT2D eigenvalue weighted by molar-refractivity contribution is 0.841. The molecule has 2 aromatic rings. The van der Waals surface area contributed by atoms with Crippen molar-refractivity contribution in [3.05, 3.63) is 23.0 Å². The minimum atomic E-state index is 0.406. The van der Waals surface area contributed by atoms with Crippen LogP contribution in [0.4, 0.5) is 0 Å². The van der Waals surface area contributed by atoms with Gasteiger partial charge in [0.2, 0.25) is 0 Å². The van der Waals surface area contributed by atoms with E-state index in [0.29, 0.717) is 11.1 Å². The third-order valence-electron chi connectivity index (χ3n) is 2.27. The fraction of sp³-hybridized carbons (Fsp3) is 0.400. The van der Waals surface area contributed by atoms with E-state index >= 15 is 0 Å². The molecule has 0 amide bonds. The second-order valence-corrected chi connectivity index (χ2v) is 4.83.